The standard InChI is InChI=1S/C6H7N3O2/c7-5-4(6(10)11-8)2-1-3-9-5/h1-3H,8H2,(H2,7,9). The number of nitrogens with two attached hydrogens (primary N) is 2. The Morgan fingerprint density at radius 2 is 2.36 bits per heavy atom. The van der Waals surface area contributed by atoms with Gasteiger partial charge in [0.15, 0.2) is 0 Å². The van der Waals surface area contributed by atoms with E-state index >= 15 is 0 Å². The summed E-state index contributed by atoms with van der Waals surface area (Å²) in [5.41, 5.74) is 5.51. The van der Waals surface area contributed by atoms with E-state index in [9.17, 15) is 4.79 Å². The van der Waals surface area contributed by atoms with Gasteiger partial charge in [-0.05, 0) is 12.1 Å². The molecule has 1 aromatic heterocycles. The number of nitrogens with zero attached hydrogens (tertiary/aromatic N) is 1. The highest BCUT2D eigenvalue weighted by molar-refractivity contribution is 5.93. The molecule has 0 saturated carbocycles. The van der Waals surface area contributed by atoms with Gasteiger partial charge in [-0.3, -0.25) is 0 Å². The molecule has 0 amide bonds. The molecule has 0 aromatic carbocycles. The first kappa shape index (κ1) is 7.49. The first-order valence-electron chi connectivity index (χ1n) is 2.87. The Labute approximate surface area is 62.9 Å². The maximum Gasteiger partial charge on any atom is 0.360 e. The van der Waals surface area contributed by atoms with E-state index in [4.69, 9.17) is 5.73 Å². The van der Waals surface area contributed by atoms with Gasteiger partial charge in [0.2, 0.25) is 0 Å². The highest BCUT2D eigenvalue weighted by Gasteiger charge is 2.09. The molecule has 11 heavy (non-hydrogen) atoms. The second-order valence-electron chi connectivity index (χ2n) is 1.84. The molecule has 1 rings (SSSR count). The number of hydrogen-bond donors (Lipinski definition) is 2. The lowest BCUT2D eigenvalue weighted by Crippen LogP contribution is -2.12. The van der Waals surface area contributed by atoms with Gasteiger partial charge in [0.25, 0.3) is 0 Å². The van der Waals surface area contributed by atoms with Crippen LogP contribution in [0.25, 0.3) is 0 Å². The molecule has 0 radical (unpaired) electrons. The fraction of sp³-hybridized carbons (Fsp3) is 0. The van der Waals surface area contributed by atoms with Gasteiger partial charge in [0.1, 0.15) is 11.4 Å². The Morgan fingerprint density at radius 3 is 2.91 bits per heavy atom. The van der Waals surface area contributed by atoms with Gasteiger partial charge in [-0.2, -0.15) is 5.90 Å². The van der Waals surface area contributed by atoms with E-state index in [0.717, 1.165) is 0 Å². The van der Waals surface area contributed by atoms with Gasteiger partial charge in [-0.1, -0.05) is 0 Å². The van der Waals surface area contributed by atoms with Crippen molar-refractivity contribution in [2.75, 3.05) is 5.73 Å². The molecule has 0 saturated heterocycles. The van der Waals surface area contributed by atoms with Crippen LogP contribution >= 0.6 is 0 Å². The lowest BCUT2D eigenvalue weighted by atomic mass is 10.3. The van der Waals surface area contributed by atoms with E-state index < -0.39 is 5.97 Å². The molecule has 0 aliphatic heterocycles. The second kappa shape index (κ2) is 2.98. The largest absolute Gasteiger partial charge is 0.383 e. The average Bonchev–Trinajstić information content (AvgIpc) is 2.04. The molecule has 0 aliphatic rings. The molecule has 0 aliphatic carbocycles. The number of pyridine rings is 1. The molecule has 5 heteroatoms. The minimum atomic E-state index is -0.685. The summed E-state index contributed by atoms with van der Waals surface area (Å²) in [6, 6.07) is 3.06. The van der Waals surface area contributed by atoms with Crippen LogP contribution in [0.1, 0.15) is 10.4 Å². The van der Waals surface area contributed by atoms with E-state index in [2.05, 4.69) is 15.7 Å². The van der Waals surface area contributed by atoms with E-state index in [-0.39, 0.29) is 11.4 Å². The minimum absolute atomic E-state index is 0.114. The van der Waals surface area contributed by atoms with Gasteiger partial charge >= 0.3 is 5.97 Å². The third-order valence-electron chi connectivity index (χ3n) is 1.17. The molecular formula is C6H7N3O2. The number of rotatable bonds is 1. The molecule has 0 bridgehead atoms. The zero-order valence-corrected chi connectivity index (χ0v) is 5.65. The molecule has 4 N–H and O–H groups in total. The van der Waals surface area contributed by atoms with E-state index in [1.165, 1.54) is 12.3 Å². The highest BCUT2D eigenvalue weighted by Crippen LogP contribution is 2.06. The quantitative estimate of drug-likeness (QED) is 0.540. The smallest absolute Gasteiger partial charge is 0.360 e. The van der Waals surface area contributed by atoms with Crippen molar-refractivity contribution in [2.24, 2.45) is 5.90 Å². The Hall–Kier alpha value is -1.62. The molecule has 0 atom stereocenters. The van der Waals surface area contributed by atoms with Crippen molar-refractivity contribution >= 4 is 11.8 Å². The minimum Gasteiger partial charge on any atom is -0.383 e. The van der Waals surface area contributed by atoms with Gasteiger partial charge in [0.05, 0.1) is 0 Å². The zero-order valence-electron chi connectivity index (χ0n) is 5.65. The Kier molecular flexibility index (Phi) is 2.03. The van der Waals surface area contributed by atoms with Crippen LogP contribution < -0.4 is 11.6 Å². The van der Waals surface area contributed by atoms with Crippen LogP contribution in [0.3, 0.4) is 0 Å². The molecule has 0 fully saturated rings. The third kappa shape index (κ3) is 1.44. The maximum atomic E-state index is 10.8. The van der Waals surface area contributed by atoms with Crippen molar-refractivity contribution < 1.29 is 9.63 Å². The van der Waals surface area contributed by atoms with Gasteiger partial charge in [0, 0.05) is 6.20 Å². The second-order valence-corrected chi connectivity index (χ2v) is 1.84. The number of hydrogen-bond acceptors (Lipinski definition) is 5. The lowest BCUT2D eigenvalue weighted by molar-refractivity contribution is 0.0504. The molecule has 1 heterocycles. The average molecular weight is 153 g/mol. The van der Waals surface area contributed by atoms with Crippen LogP contribution in [0.2, 0.25) is 0 Å². The van der Waals surface area contributed by atoms with E-state index in [0.29, 0.717) is 0 Å². The third-order valence-corrected chi connectivity index (χ3v) is 1.17. The Bertz CT molecular complexity index is 274. The Morgan fingerprint density at radius 1 is 1.64 bits per heavy atom. The van der Waals surface area contributed by atoms with Crippen molar-refractivity contribution in [1.82, 2.24) is 4.98 Å². The number of carbonyl (C=O) groups excluding carboxylic acids is 1. The van der Waals surface area contributed by atoms with Crippen LogP contribution in [-0.2, 0) is 4.84 Å². The normalized spacial score (nSPS) is 9.18. The van der Waals surface area contributed by atoms with Gasteiger partial charge in [-0.15, -0.1) is 0 Å². The van der Waals surface area contributed by atoms with Crippen LogP contribution in [0.15, 0.2) is 18.3 Å². The maximum absolute atomic E-state index is 10.8. The summed E-state index contributed by atoms with van der Waals surface area (Å²) in [5, 5.41) is 0. The number of carbonyl (C=O) groups is 1. The predicted octanol–water partition coefficient (Wildman–Crippen LogP) is -0.306. The SMILES string of the molecule is NOC(=O)c1cccnc1N. The number of anilines is 1. The lowest BCUT2D eigenvalue weighted by Gasteiger charge is -1.99. The fourth-order valence-electron chi connectivity index (χ4n) is 0.654. The monoisotopic (exact) mass is 153 g/mol. The molecule has 58 valence electrons. The summed E-state index contributed by atoms with van der Waals surface area (Å²) in [7, 11) is 0. The van der Waals surface area contributed by atoms with E-state index in [1.807, 2.05) is 0 Å². The van der Waals surface area contributed by atoms with E-state index in [1.54, 1.807) is 6.07 Å². The summed E-state index contributed by atoms with van der Waals surface area (Å²) in [6.45, 7) is 0. The molecule has 0 spiro atoms. The summed E-state index contributed by atoms with van der Waals surface area (Å²) >= 11 is 0. The molecule has 0 unspecified atom stereocenters. The van der Waals surface area contributed by atoms with Crippen molar-refractivity contribution in [3.63, 3.8) is 0 Å². The van der Waals surface area contributed by atoms with Crippen molar-refractivity contribution in [3.05, 3.63) is 23.9 Å². The fourth-order valence-corrected chi connectivity index (χ4v) is 0.654. The zero-order chi connectivity index (χ0) is 8.27. The van der Waals surface area contributed by atoms with Crippen LogP contribution in [0, 0.1) is 0 Å². The first-order valence-corrected chi connectivity index (χ1v) is 2.87. The molecule has 5 nitrogen and oxygen atoms in total. The van der Waals surface area contributed by atoms with Gasteiger partial charge in [-0.25, -0.2) is 9.78 Å². The van der Waals surface area contributed by atoms with Crippen molar-refractivity contribution in [3.8, 4) is 0 Å². The Balaban J connectivity index is 3.03. The van der Waals surface area contributed by atoms with Gasteiger partial charge < -0.3 is 10.6 Å². The van der Waals surface area contributed by atoms with Crippen molar-refractivity contribution in [1.29, 1.82) is 0 Å². The number of nitrogen functional groups attached to an aromatic ring is 1. The number of aromatic nitrogens is 1. The molecule has 1 aromatic rings. The highest BCUT2D eigenvalue weighted by atomic mass is 16.7. The van der Waals surface area contributed by atoms with Crippen LogP contribution in [0.5, 0.6) is 0 Å². The topological polar surface area (TPSA) is 91.2 Å². The first-order chi connectivity index (χ1) is 5.25. The summed E-state index contributed by atoms with van der Waals surface area (Å²) < 4.78 is 0. The summed E-state index contributed by atoms with van der Waals surface area (Å²) in [6.07, 6.45) is 1.47. The summed E-state index contributed by atoms with van der Waals surface area (Å²) in [5.74, 6) is 4.07. The van der Waals surface area contributed by atoms with Crippen molar-refractivity contribution in [2.45, 2.75) is 0 Å². The van der Waals surface area contributed by atoms with Crippen LogP contribution in [0.4, 0.5) is 5.82 Å². The molecular weight excluding hydrogens is 146 g/mol. The van der Waals surface area contributed by atoms with Crippen LogP contribution in [-0.4, -0.2) is 11.0 Å². The summed E-state index contributed by atoms with van der Waals surface area (Å²) in [4.78, 5) is 18.4. The predicted molar refractivity (Wildman–Crippen MR) is 38.3 cm³/mol.